The van der Waals surface area contributed by atoms with Crippen molar-refractivity contribution in [3.05, 3.63) is 102 Å². The summed E-state index contributed by atoms with van der Waals surface area (Å²) < 4.78 is 0. The maximum Gasteiger partial charge on any atom is 0.251 e. The van der Waals surface area contributed by atoms with Crippen molar-refractivity contribution in [2.24, 2.45) is 0 Å². The minimum atomic E-state index is -0.410. The van der Waals surface area contributed by atoms with E-state index < -0.39 is 6.04 Å². The highest BCUT2D eigenvalue weighted by molar-refractivity contribution is 5.95. The van der Waals surface area contributed by atoms with Gasteiger partial charge in [0.1, 0.15) is 0 Å². The van der Waals surface area contributed by atoms with Crippen molar-refractivity contribution in [1.29, 1.82) is 0 Å². The van der Waals surface area contributed by atoms with Gasteiger partial charge >= 0.3 is 0 Å². The Morgan fingerprint density at radius 2 is 1.27 bits per heavy atom. The lowest BCUT2D eigenvalue weighted by Gasteiger charge is -2.19. The van der Waals surface area contributed by atoms with Crippen LogP contribution in [0.4, 0.5) is 5.69 Å². The third-order valence-electron chi connectivity index (χ3n) is 3.99. The van der Waals surface area contributed by atoms with Crippen molar-refractivity contribution in [2.75, 3.05) is 5.32 Å². The van der Waals surface area contributed by atoms with Gasteiger partial charge in [0.25, 0.3) is 5.91 Å². The number of para-hydroxylation sites is 1. The Kier molecular flexibility index (Phi) is 5.78. The molecule has 4 nitrogen and oxygen atoms in total. The topological polar surface area (TPSA) is 58.2 Å². The summed E-state index contributed by atoms with van der Waals surface area (Å²) in [5.41, 5.74) is 2.19. The lowest BCUT2D eigenvalue weighted by Crippen LogP contribution is -2.31. The summed E-state index contributed by atoms with van der Waals surface area (Å²) in [4.78, 5) is 25.0. The monoisotopic (exact) mass is 344 g/mol. The molecule has 0 aliphatic carbocycles. The number of rotatable bonds is 6. The number of carbonyl (C=O) groups is 2. The zero-order valence-corrected chi connectivity index (χ0v) is 14.3. The zero-order chi connectivity index (χ0) is 18.2. The van der Waals surface area contributed by atoms with Gasteiger partial charge in [-0.1, -0.05) is 66.7 Å². The van der Waals surface area contributed by atoms with Gasteiger partial charge in [0, 0.05) is 11.3 Å². The Morgan fingerprint density at radius 1 is 0.731 bits per heavy atom. The second-order valence-corrected chi connectivity index (χ2v) is 5.92. The Bertz CT molecular complexity index is 849. The highest BCUT2D eigenvalue weighted by atomic mass is 16.2. The number of amides is 2. The molecular formula is C22H20N2O2. The normalized spacial score (nSPS) is 11.4. The molecule has 0 saturated carbocycles. The molecule has 26 heavy (non-hydrogen) atoms. The molecule has 0 bridgehead atoms. The van der Waals surface area contributed by atoms with Crippen LogP contribution in [0.15, 0.2) is 91.0 Å². The van der Waals surface area contributed by atoms with E-state index in [1.807, 2.05) is 78.9 Å². The summed E-state index contributed by atoms with van der Waals surface area (Å²) in [5.74, 6) is -0.356. The molecule has 0 aromatic heterocycles. The molecule has 2 N–H and O–H groups in total. The van der Waals surface area contributed by atoms with E-state index >= 15 is 0 Å². The number of anilines is 1. The molecule has 0 fully saturated rings. The molecule has 0 spiro atoms. The van der Waals surface area contributed by atoms with Crippen LogP contribution < -0.4 is 10.6 Å². The fourth-order valence-corrected chi connectivity index (χ4v) is 2.69. The molecule has 0 saturated heterocycles. The van der Waals surface area contributed by atoms with E-state index in [1.54, 1.807) is 12.1 Å². The van der Waals surface area contributed by atoms with Crippen molar-refractivity contribution in [1.82, 2.24) is 5.32 Å². The van der Waals surface area contributed by atoms with Gasteiger partial charge in [0.2, 0.25) is 5.91 Å². The highest BCUT2D eigenvalue weighted by Gasteiger charge is 2.19. The first-order valence-electron chi connectivity index (χ1n) is 8.48. The predicted octanol–water partition coefficient (Wildman–Crippen LogP) is 4.19. The molecule has 0 unspecified atom stereocenters. The zero-order valence-electron chi connectivity index (χ0n) is 14.3. The molecular weight excluding hydrogens is 324 g/mol. The van der Waals surface area contributed by atoms with Gasteiger partial charge in [0.05, 0.1) is 12.5 Å². The summed E-state index contributed by atoms with van der Waals surface area (Å²) in [6.07, 6.45) is 0.150. The Balaban J connectivity index is 1.73. The van der Waals surface area contributed by atoms with Crippen LogP contribution in [-0.4, -0.2) is 11.8 Å². The third-order valence-corrected chi connectivity index (χ3v) is 3.99. The van der Waals surface area contributed by atoms with Crippen molar-refractivity contribution >= 4 is 17.5 Å². The fourth-order valence-electron chi connectivity index (χ4n) is 2.69. The molecule has 1 atom stereocenters. The third kappa shape index (κ3) is 4.80. The van der Waals surface area contributed by atoms with Crippen molar-refractivity contribution < 1.29 is 9.59 Å². The number of hydrogen-bond acceptors (Lipinski definition) is 2. The lowest BCUT2D eigenvalue weighted by atomic mass is 10.0. The summed E-state index contributed by atoms with van der Waals surface area (Å²) in [6, 6.07) is 27.4. The first-order valence-corrected chi connectivity index (χ1v) is 8.48. The van der Waals surface area contributed by atoms with Crippen LogP contribution in [0.2, 0.25) is 0 Å². The highest BCUT2D eigenvalue weighted by Crippen LogP contribution is 2.19. The largest absolute Gasteiger partial charge is 0.345 e. The van der Waals surface area contributed by atoms with Gasteiger partial charge in [-0.05, 0) is 29.8 Å². The summed E-state index contributed by atoms with van der Waals surface area (Å²) >= 11 is 0. The van der Waals surface area contributed by atoms with Crippen molar-refractivity contribution in [2.45, 2.75) is 12.5 Å². The number of benzene rings is 3. The molecule has 4 heteroatoms. The van der Waals surface area contributed by atoms with Gasteiger partial charge < -0.3 is 10.6 Å². The first-order chi connectivity index (χ1) is 12.7. The Labute approximate surface area is 152 Å². The Morgan fingerprint density at radius 3 is 1.88 bits per heavy atom. The quantitative estimate of drug-likeness (QED) is 0.704. The summed E-state index contributed by atoms with van der Waals surface area (Å²) in [6.45, 7) is 0. The number of hydrogen-bond donors (Lipinski definition) is 2. The molecule has 0 heterocycles. The van der Waals surface area contributed by atoms with E-state index in [2.05, 4.69) is 10.6 Å². The average molecular weight is 344 g/mol. The van der Waals surface area contributed by atoms with Crippen LogP contribution in [0.3, 0.4) is 0 Å². The second-order valence-electron chi connectivity index (χ2n) is 5.92. The van der Waals surface area contributed by atoms with Crippen LogP contribution in [0, 0.1) is 0 Å². The van der Waals surface area contributed by atoms with Gasteiger partial charge in [-0.25, -0.2) is 0 Å². The van der Waals surface area contributed by atoms with Crippen molar-refractivity contribution in [3.63, 3.8) is 0 Å². The SMILES string of the molecule is O=C(C[C@@H](NC(=O)c1ccccc1)c1ccccc1)Nc1ccccc1. The molecule has 3 aromatic rings. The maximum absolute atomic E-state index is 12.5. The van der Waals surface area contributed by atoms with E-state index in [4.69, 9.17) is 0 Å². The molecule has 2 amide bonds. The first kappa shape index (κ1) is 17.4. The molecule has 3 rings (SSSR count). The number of nitrogens with one attached hydrogen (secondary N) is 2. The smallest absolute Gasteiger partial charge is 0.251 e. The van der Waals surface area contributed by atoms with Gasteiger partial charge in [-0.15, -0.1) is 0 Å². The molecule has 3 aromatic carbocycles. The summed E-state index contributed by atoms with van der Waals surface area (Å²) in [7, 11) is 0. The van der Waals surface area contributed by atoms with E-state index in [-0.39, 0.29) is 18.2 Å². The number of carbonyl (C=O) groups excluding carboxylic acids is 2. The van der Waals surface area contributed by atoms with E-state index in [1.165, 1.54) is 0 Å². The minimum absolute atomic E-state index is 0.150. The van der Waals surface area contributed by atoms with Crippen LogP contribution >= 0.6 is 0 Å². The van der Waals surface area contributed by atoms with Gasteiger partial charge in [-0.3, -0.25) is 9.59 Å². The lowest BCUT2D eigenvalue weighted by molar-refractivity contribution is -0.116. The van der Waals surface area contributed by atoms with E-state index in [0.29, 0.717) is 5.56 Å². The van der Waals surface area contributed by atoms with Gasteiger partial charge in [0.15, 0.2) is 0 Å². The average Bonchev–Trinajstić information content (AvgIpc) is 2.69. The van der Waals surface area contributed by atoms with Crippen LogP contribution in [-0.2, 0) is 4.79 Å². The van der Waals surface area contributed by atoms with Crippen LogP contribution in [0.1, 0.15) is 28.4 Å². The second kappa shape index (κ2) is 8.62. The summed E-state index contributed by atoms with van der Waals surface area (Å²) in [5, 5.41) is 5.83. The molecule has 130 valence electrons. The molecule has 0 radical (unpaired) electrons. The van der Waals surface area contributed by atoms with Gasteiger partial charge in [-0.2, -0.15) is 0 Å². The van der Waals surface area contributed by atoms with E-state index in [9.17, 15) is 9.59 Å². The fraction of sp³-hybridized carbons (Fsp3) is 0.0909. The van der Waals surface area contributed by atoms with Crippen LogP contribution in [0.5, 0.6) is 0 Å². The maximum atomic E-state index is 12.5. The molecule has 0 aliphatic rings. The standard InChI is InChI=1S/C22H20N2O2/c25-21(23-19-14-8-3-9-15-19)16-20(17-10-4-1-5-11-17)24-22(26)18-12-6-2-7-13-18/h1-15,20H,16H2,(H,23,25)(H,24,26)/t20-/m1/s1. The molecule has 0 aliphatic heterocycles. The Hall–Kier alpha value is -3.40. The van der Waals surface area contributed by atoms with Crippen LogP contribution in [0.25, 0.3) is 0 Å². The predicted molar refractivity (Wildman–Crippen MR) is 103 cm³/mol. The van der Waals surface area contributed by atoms with E-state index in [0.717, 1.165) is 11.3 Å². The van der Waals surface area contributed by atoms with Crippen molar-refractivity contribution in [3.8, 4) is 0 Å². The minimum Gasteiger partial charge on any atom is -0.345 e.